The SMILES string of the molecule is CC(C)(C)C1CCN(C(=O)NCc2ccc(-c3ccnc(Cl)n3)cc2C(F)(F)F)C1.Cc1cc(Br)ccc1CNC(=O)N1CCC(C(C)(C)C)C1.Clc1ccnc(Cl)n1. The molecule has 320 valence electrons. The van der Waals surface area contributed by atoms with Crippen LogP contribution < -0.4 is 10.6 Å². The molecule has 4 heterocycles. The Balaban J connectivity index is 0.000000228. The summed E-state index contributed by atoms with van der Waals surface area (Å²) >= 11 is 20.0. The Morgan fingerprint density at radius 2 is 1.25 bits per heavy atom. The van der Waals surface area contributed by atoms with Crippen LogP contribution in [-0.2, 0) is 19.3 Å². The van der Waals surface area contributed by atoms with Crippen LogP contribution in [0.15, 0.2) is 65.4 Å². The molecule has 17 heteroatoms. The van der Waals surface area contributed by atoms with E-state index in [2.05, 4.69) is 107 Å². The molecule has 2 aromatic heterocycles. The maximum Gasteiger partial charge on any atom is 0.416 e. The summed E-state index contributed by atoms with van der Waals surface area (Å²) < 4.78 is 42.0. The van der Waals surface area contributed by atoms with E-state index in [0.717, 1.165) is 42.0 Å². The summed E-state index contributed by atoms with van der Waals surface area (Å²) in [5, 5.41) is 6.18. The summed E-state index contributed by atoms with van der Waals surface area (Å²) in [6.07, 6.45) is 0.303. The second-order valence-electron chi connectivity index (χ2n) is 16.7. The number of aryl methyl sites for hydroxylation is 1. The predicted molar refractivity (Wildman–Crippen MR) is 231 cm³/mol. The average molecular weight is 943 g/mol. The van der Waals surface area contributed by atoms with E-state index in [1.54, 1.807) is 11.0 Å². The van der Waals surface area contributed by atoms with Crippen molar-refractivity contribution in [2.45, 2.75) is 80.6 Å². The van der Waals surface area contributed by atoms with Gasteiger partial charge in [-0.3, -0.25) is 0 Å². The van der Waals surface area contributed by atoms with Crippen molar-refractivity contribution in [2.75, 3.05) is 26.2 Å². The molecule has 2 aliphatic heterocycles. The molecular weight excluding hydrogens is 892 g/mol. The number of hydrogen-bond acceptors (Lipinski definition) is 6. The number of nitrogens with zero attached hydrogens (tertiary/aromatic N) is 6. The number of likely N-dealkylation sites (tertiary alicyclic amines) is 2. The number of urea groups is 2. The minimum absolute atomic E-state index is 0.00804. The number of nitrogens with one attached hydrogen (secondary N) is 2. The third kappa shape index (κ3) is 14.8. The first-order chi connectivity index (χ1) is 27.5. The van der Waals surface area contributed by atoms with Crippen molar-refractivity contribution >= 4 is 62.8 Å². The molecule has 2 fully saturated rings. The molecule has 59 heavy (non-hydrogen) atoms. The van der Waals surface area contributed by atoms with E-state index >= 15 is 0 Å². The Hall–Kier alpha value is -3.72. The van der Waals surface area contributed by atoms with Gasteiger partial charge in [0, 0.05) is 61.7 Å². The molecule has 0 radical (unpaired) electrons. The number of benzene rings is 2. The van der Waals surface area contributed by atoms with Crippen LogP contribution >= 0.6 is 50.7 Å². The molecule has 2 unspecified atom stereocenters. The van der Waals surface area contributed by atoms with Gasteiger partial charge in [0.2, 0.25) is 10.6 Å². The highest BCUT2D eigenvalue weighted by Crippen LogP contribution is 2.36. The van der Waals surface area contributed by atoms with Gasteiger partial charge in [0.05, 0.1) is 11.3 Å². The van der Waals surface area contributed by atoms with Gasteiger partial charge in [0.1, 0.15) is 5.15 Å². The molecule has 10 nitrogen and oxygen atoms in total. The fourth-order valence-corrected chi connectivity index (χ4v) is 7.64. The van der Waals surface area contributed by atoms with Crippen molar-refractivity contribution in [2.24, 2.45) is 22.7 Å². The highest BCUT2D eigenvalue weighted by molar-refractivity contribution is 9.10. The van der Waals surface area contributed by atoms with Gasteiger partial charge >= 0.3 is 18.2 Å². The number of rotatable bonds is 5. The van der Waals surface area contributed by atoms with E-state index in [1.165, 1.54) is 36.2 Å². The van der Waals surface area contributed by atoms with E-state index < -0.39 is 11.7 Å². The molecule has 2 aromatic carbocycles. The summed E-state index contributed by atoms with van der Waals surface area (Å²) in [6.45, 7) is 18.5. The smallest absolute Gasteiger partial charge is 0.334 e. The highest BCUT2D eigenvalue weighted by atomic mass is 79.9. The monoisotopic (exact) mass is 940 g/mol. The van der Waals surface area contributed by atoms with Crippen molar-refractivity contribution in [1.82, 2.24) is 40.4 Å². The predicted octanol–water partition coefficient (Wildman–Crippen LogP) is 11.5. The lowest BCUT2D eigenvalue weighted by atomic mass is 9.80. The summed E-state index contributed by atoms with van der Waals surface area (Å²) in [4.78, 5) is 43.3. The van der Waals surface area contributed by atoms with Gasteiger partial charge in [0.15, 0.2) is 0 Å². The van der Waals surface area contributed by atoms with Gasteiger partial charge < -0.3 is 20.4 Å². The van der Waals surface area contributed by atoms with E-state index in [0.29, 0.717) is 42.3 Å². The zero-order valence-corrected chi connectivity index (χ0v) is 38.1. The standard InChI is InChI=1S/C21H24ClF3N4O.C17H25BrN2O.C4H2Cl2N2/c1-20(2,3)15-7-9-29(12-15)19(30)27-11-14-5-4-13(10-16(14)21(23,24)25)17-6-8-26-18(22)28-17;1-12-9-15(18)6-5-13(12)10-19-16(21)20-8-7-14(11-20)17(2,3)4;5-3-1-2-7-4(6)8-3/h4-6,8,10,15H,7,9,11-12H2,1-3H3,(H,27,30);5-6,9,14H,7-8,10-11H2,1-4H3,(H,19,21);1-2H. The van der Waals surface area contributed by atoms with Gasteiger partial charge in [-0.25, -0.2) is 29.5 Å². The van der Waals surface area contributed by atoms with Crippen LogP contribution in [0.1, 0.15) is 76.6 Å². The summed E-state index contributed by atoms with van der Waals surface area (Å²) in [7, 11) is 0. The highest BCUT2D eigenvalue weighted by Gasteiger charge is 2.36. The van der Waals surface area contributed by atoms with Crippen molar-refractivity contribution in [3.8, 4) is 11.3 Å². The van der Waals surface area contributed by atoms with Gasteiger partial charge in [0.25, 0.3) is 0 Å². The number of hydrogen-bond donors (Lipinski definition) is 2. The van der Waals surface area contributed by atoms with E-state index in [9.17, 15) is 22.8 Å². The summed E-state index contributed by atoms with van der Waals surface area (Å²) in [6, 6.07) is 12.8. The van der Waals surface area contributed by atoms with Crippen LogP contribution in [0.25, 0.3) is 11.3 Å². The van der Waals surface area contributed by atoms with Crippen LogP contribution in [0.3, 0.4) is 0 Å². The minimum Gasteiger partial charge on any atom is -0.334 e. The largest absolute Gasteiger partial charge is 0.416 e. The van der Waals surface area contributed by atoms with Gasteiger partial charge in [-0.1, -0.05) is 87.3 Å². The van der Waals surface area contributed by atoms with Crippen molar-refractivity contribution in [1.29, 1.82) is 0 Å². The fourth-order valence-electron chi connectivity index (χ4n) is 6.69. The molecule has 0 saturated carbocycles. The quantitative estimate of drug-likeness (QED) is 0.152. The Morgan fingerprint density at radius 3 is 1.69 bits per heavy atom. The number of halogens is 7. The molecule has 0 spiro atoms. The van der Waals surface area contributed by atoms with E-state index in [4.69, 9.17) is 34.8 Å². The third-order valence-electron chi connectivity index (χ3n) is 10.5. The lowest BCUT2D eigenvalue weighted by Crippen LogP contribution is -2.39. The van der Waals surface area contributed by atoms with Crippen molar-refractivity contribution in [3.63, 3.8) is 0 Å². The zero-order valence-electron chi connectivity index (χ0n) is 34.2. The average Bonchev–Trinajstić information content (AvgIpc) is 3.86. The normalized spacial score (nSPS) is 16.8. The molecule has 0 bridgehead atoms. The molecule has 4 amide bonds. The van der Waals surface area contributed by atoms with Crippen LogP contribution in [0.5, 0.6) is 0 Å². The van der Waals surface area contributed by atoms with E-state index in [-0.39, 0.29) is 51.1 Å². The van der Waals surface area contributed by atoms with Gasteiger partial charge in [-0.05, 0) is 113 Å². The maximum absolute atomic E-state index is 13.6. The van der Waals surface area contributed by atoms with Crippen LogP contribution in [-0.4, -0.2) is 68.0 Å². The molecule has 2 saturated heterocycles. The zero-order chi connectivity index (χ0) is 43.7. The second kappa shape index (κ2) is 20.7. The fraction of sp³-hybridized carbons (Fsp3) is 0.476. The van der Waals surface area contributed by atoms with Crippen molar-refractivity contribution in [3.05, 3.63) is 103 Å². The molecule has 0 aliphatic carbocycles. The Bertz CT molecular complexity index is 2050. The molecule has 6 rings (SSSR count). The van der Waals surface area contributed by atoms with E-state index in [1.807, 2.05) is 11.0 Å². The topological polar surface area (TPSA) is 116 Å². The minimum atomic E-state index is -4.57. The first-order valence-electron chi connectivity index (χ1n) is 19.1. The second-order valence-corrected chi connectivity index (χ2v) is 18.7. The molecule has 2 N–H and O–H groups in total. The number of carbonyl (C=O) groups excluding carboxylic acids is 2. The number of alkyl halides is 3. The van der Waals surface area contributed by atoms with Crippen LogP contribution in [0.2, 0.25) is 15.7 Å². The van der Waals surface area contributed by atoms with Crippen LogP contribution in [0, 0.1) is 29.6 Å². The molecule has 2 atom stereocenters. The third-order valence-corrected chi connectivity index (χ3v) is 11.6. The molecular formula is C42H51BrCl3F3N8O2. The Kier molecular flexibility index (Phi) is 16.8. The van der Waals surface area contributed by atoms with Gasteiger partial charge in [-0.2, -0.15) is 13.2 Å². The lowest BCUT2D eigenvalue weighted by molar-refractivity contribution is -0.138. The van der Waals surface area contributed by atoms with Gasteiger partial charge in [-0.15, -0.1) is 0 Å². The molecule has 2 aliphatic rings. The Morgan fingerprint density at radius 1 is 0.746 bits per heavy atom. The summed E-state index contributed by atoms with van der Waals surface area (Å²) in [5.41, 5.74) is 2.46. The van der Waals surface area contributed by atoms with Crippen LogP contribution in [0.4, 0.5) is 22.8 Å². The molecule has 4 aromatic rings. The first-order valence-corrected chi connectivity index (χ1v) is 21.1. The lowest BCUT2D eigenvalue weighted by Gasteiger charge is -2.27. The van der Waals surface area contributed by atoms with Crippen molar-refractivity contribution < 1.29 is 22.8 Å². The first kappa shape index (κ1) is 48.0. The summed E-state index contributed by atoms with van der Waals surface area (Å²) in [5.74, 6) is 0.964. The maximum atomic E-state index is 13.6. The Labute approximate surface area is 368 Å². The number of aromatic nitrogens is 4. The number of amides is 4. The number of carbonyl (C=O) groups is 2.